The molecule has 134 valence electrons. The summed E-state index contributed by atoms with van der Waals surface area (Å²) >= 11 is 0. The highest BCUT2D eigenvalue weighted by Gasteiger charge is 2.29. The van der Waals surface area contributed by atoms with Crippen LogP contribution in [0.5, 0.6) is 0 Å². The van der Waals surface area contributed by atoms with Crippen molar-refractivity contribution in [3.05, 3.63) is 35.7 Å². The Labute approximate surface area is 148 Å². The van der Waals surface area contributed by atoms with Crippen molar-refractivity contribution in [3.8, 4) is 11.4 Å². The molecule has 0 aliphatic carbocycles. The maximum Gasteiger partial charge on any atom is 0.410 e. The quantitative estimate of drug-likeness (QED) is 0.898. The number of rotatable bonds is 2. The van der Waals surface area contributed by atoms with Crippen molar-refractivity contribution in [2.24, 2.45) is 0 Å². The number of aryl methyl sites for hydroxylation is 1. The Hall–Kier alpha value is -2.37. The number of amides is 1. The van der Waals surface area contributed by atoms with Crippen LogP contribution in [0.3, 0.4) is 0 Å². The van der Waals surface area contributed by atoms with Crippen molar-refractivity contribution in [1.29, 1.82) is 0 Å². The predicted octanol–water partition coefficient (Wildman–Crippen LogP) is 3.89. The molecule has 1 saturated heterocycles. The summed E-state index contributed by atoms with van der Waals surface area (Å²) in [5, 5.41) is 7.54. The number of pyridine rings is 1. The van der Waals surface area contributed by atoms with E-state index in [1.807, 2.05) is 52.0 Å². The van der Waals surface area contributed by atoms with Crippen LogP contribution in [0.1, 0.15) is 50.9 Å². The Morgan fingerprint density at radius 2 is 2.12 bits per heavy atom. The molecule has 2 aromatic heterocycles. The van der Waals surface area contributed by atoms with Crippen LogP contribution in [-0.2, 0) is 4.74 Å². The van der Waals surface area contributed by atoms with Crippen LogP contribution in [0.4, 0.5) is 4.79 Å². The lowest BCUT2D eigenvalue weighted by molar-refractivity contribution is 0.0197. The highest BCUT2D eigenvalue weighted by molar-refractivity contribution is 5.68. The lowest BCUT2D eigenvalue weighted by Crippen LogP contribution is -2.42. The monoisotopic (exact) mass is 342 g/mol. The molecule has 6 nitrogen and oxygen atoms in total. The van der Waals surface area contributed by atoms with E-state index in [1.54, 1.807) is 4.90 Å². The number of H-pyrrole nitrogens is 1. The number of aromatic nitrogens is 3. The van der Waals surface area contributed by atoms with Gasteiger partial charge in [-0.05, 0) is 58.7 Å². The minimum Gasteiger partial charge on any atom is -0.444 e. The van der Waals surface area contributed by atoms with Crippen LogP contribution >= 0.6 is 0 Å². The molecule has 3 heterocycles. The van der Waals surface area contributed by atoms with Gasteiger partial charge in [-0.2, -0.15) is 5.10 Å². The summed E-state index contributed by atoms with van der Waals surface area (Å²) in [7, 11) is 0. The number of carbonyl (C=O) groups is 1. The van der Waals surface area contributed by atoms with Crippen LogP contribution in [0.25, 0.3) is 11.4 Å². The van der Waals surface area contributed by atoms with E-state index in [9.17, 15) is 4.79 Å². The molecule has 2 aromatic rings. The Morgan fingerprint density at radius 3 is 2.84 bits per heavy atom. The average Bonchev–Trinajstić information content (AvgIpc) is 3.03. The van der Waals surface area contributed by atoms with Crippen LogP contribution in [0.15, 0.2) is 24.3 Å². The molecule has 25 heavy (non-hydrogen) atoms. The van der Waals surface area contributed by atoms with Gasteiger partial charge in [0.15, 0.2) is 0 Å². The zero-order valence-electron chi connectivity index (χ0n) is 15.4. The maximum atomic E-state index is 12.3. The molecule has 1 fully saturated rings. The third-order valence-corrected chi connectivity index (χ3v) is 4.26. The molecule has 0 aromatic carbocycles. The van der Waals surface area contributed by atoms with Gasteiger partial charge in [-0.1, -0.05) is 6.07 Å². The van der Waals surface area contributed by atoms with Gasteiger partial charge in [-0.25, -0.2) is 4.79 Å². The van der Waals surface area contributed by atoms with Gasteiger partial charge >= 0.3 is 6.09 Å². The summed E-state index contributed by atoms with van der Waals surface area (Å²) in [6, 6.07) is 7.96. The highest BCUT2D eigenvalue weighted by Crippen LogP contribution is 2.28. The van der Waals surface area contributed by atoms with Gasteiger partial charge in [0.1, 0.15) is 11.3 Å². The first-order valence-electron chi connectivity index (χ1n) is 8.79. The van der Waals surface area contributed by atoms with E-state index < -0.39 is 5.60 Å². The average molecular weight is 342 g/mol. The zero-order chi connectivity index (χ0) is 18.0. The number of hydrogen-bond acceptors (Lipinski definition) is 4. The molecule has 1 aliphatic rings. The summed E-state index contributed by atoms with van der Waals surface area (Å²) in [6.07, 6.45) is 1.75. The van der Waals surface area contributed by atoms with Crippen molar-refractivity contribution in [2.45, 2.75) is 52.1 Å². The standard InChI is InChI=1S/C19H26N4O2/c1-13-7-5-9-15(20-13)17-11-16(21-22-17)14-8-6-10-23(12-14)18(24)25-19(2,3)4/h5,7,9,11,14H,6,8,10,12H2,1-4H3,(H,21,22)/t14-/m0/s1. The Balaban J connectivity index is 1.71. The van der Waals surface area contributed by atoms with Gasteiger partial charge in [0, 0.05) is 30.4 Å². The molecule has 1 aliphatic heterocycles. The molecule has 1 atom stereocenters. The van der Waals surface area contributed by atoms with Crippen molar-refractivity contribution < 1.29 is 9.53 Å². The lowest BCUT2D eigenvalue weighted by atomic mass is 9.95. The highest BCUT2D eigenvalue weighted by atomic mass is 16.6. The minimum atomic E-state index is -0.470. The molecule has 0 saturated carbocycles. The number of nitrogens with one attached hydrogen (secondary N) is 1. The van der Waals surface area contributed by atoms with E-state index in [0.717, 1.165) is 42.2 Å². The molecule has 3 rings (SSSR count). The second kappa shape index (κ2) is 6.86. The van der Waals surface area contributed by atoms with E-state index in [-0.39, 0.29) is 12.0 Å². The van der Waals surface area contributed by atoms with Crippen LogP contribution < -0.4 is 0 Å². The van der Waals surface area contributed by atoms with Crippen molar-refractivity contribution in [1.82, 2.24) is 20.1 Å². The van der Waals surface area contributed by atoms with E-state index >= 15 is 0 Å². The van der Waals surface area contributed by atoms with Gasteiger partial charge in [0.25, 0.3) is 0 Å². The van der Waals surface area contributed by atoms with Gasteiger partial charge in [0.2, 0.25) is 0 Å². The summed E-state index contributed by atoms with van der Waals surface area (Å²) in [5.41, 5.74) is 3.25. The largest absolute Gasteiger partial charge is 0.444 e. The molecule has 1 N–H and O–H groups in total. The fraction of sp³-hybridized carbons (Fsp3) is 0.526. The number of hydrogen-bond donors (Lipinski definition) is 1. The van der Waals surface area contributed by atoms with E-state index in [4.69, 9.17) is 4.74 Å². The number of piperidine rings is 1. The third kappa shape index (κ3) is 4.38. The normalized spacial score (nSPS) is 18.2. The van der Waals surface area contributed by atoms with Crippen molar-refractivity contribution in [3.63, 3.8) is 0 Å². The second-order valence-corrected chi connectivity index (χ2v) is 7.64. The molecule has 0 spiro atoms. The molecule has 1 amide bonds. The van der Waals surface area contributed by atoms with Gasteiger partial charge < -0.3 is 9.64 Å². The summed E-state index contributed by atoms with van der Waals surface area (Å²) in [5.74, 6) is 0.243. The summed E-state index contributed by atoms with van der Waals surface area (Å²) in [4.78, 5) is 18.6. The molecule has 0 unspecified atom stereocenters. The van der Waals surface area contributed by atoms with Crippen LogP contribution in [-0.4, -0.2) is 44.9 Å². The second-order valence-electron chi connectivity index (χ2n) is 7.64. The first-order valence-corrected chi connectivity index (χ1v) is 8.79. The minimum absolute atomic E-state index is 0.239. The zero-order valence-corrected chi connectivity index (χ0v) is 15.4. The van der Waals surface area contributed by atoms with Gasteiger partial charge in [0.05, 0.1) is 5.69 Å². The number of nitrogens with zero attached hydrogens (tertiary/aromatic N) is 3. The SMILES string of the molecule is Cc1cccc(-c2cc([C@H]3CCCN(C(=O)OC(C)(C)C)C3)[nH]n2)n1. The summed E-state index contributed by atoms with van der Waals surface area (Å²) in [6.45, 7) is 9.04. The Bertz CT molecular complexity index is 748. The van der Waals surface area contributed by atoms with Gasteiger partial charge in [-0.15, -0.1) is 0 Å². The molecule has 6 heteroatoms. The number of likely N-dealkylation sites (tertiary alicyclic amines) is 1. The van der Waals surface area contributed by atoms with E-state index in [2.05, 4.69) is 15.2 Å². The number of ether oxygens (including phenoxy) is 1. The first kappa shape index (κ1) is 17.5. The van der Waals surface area contributed by atoms with E-state index in [0.29, 0.717) is 6.54 Å². The van der Waals surface area contributed by atoms with Crippen molar-refractivity contribution >= 4 is 6.09 Å². The Kier molecular flexibility index (Phi) is 4.79. The topological polar surface area (TPSA) is 71.1 Å². The van der Waals surface area contributed by atoms with Crippen LogP contribution in [0.2, 0.25) is 0 Å². The molecular weight excluding hydrogens is 316 g/mol. The van der Waals surface area contributed by atoms with Gasteiger partial charge in [-0.3, -0.25) is 10.1 Å². The molecule has 0 bridgehead atoms. The molecular formula is C19H26N4O2. The Morgan fingerprint density at radius 1 is 1.32 bits per heavy atom. The maximum absolute atomic E-state index is 12.3. The fourth-order valence-electron chi connectivity index (χ4n) is 3.09. The summed E-state index contributed by atoms with van der Waals surface area (Å²) < 4.78 is 5.50. The number of carbonyl (C=O) groups excluding carboxylic acids is 1. The third-order valence-electron chi connectivity index (χ3n) is 4.26. The predicted molar refractivity (Wildman–Crippen MR) is 96.3 cm³/mol. The van der Waals surface area contributed by atoms with Crippen LogP contribution in [0, 0.1) is 6.92 Å². The lowest BCUT2D eigenvalue weighted by Gasteiger charge is -2.33. The van der Waals surface area contributed by atoms with E-state index in [1.165, 1.54) is 0 Å². The smallest absolute Gasteiger partial charge is 0.410 e. The molecule has 0 radical (unpaired) electrons. The van der Waals surface area contributed by atoms with Crippen molar-refractivity contribution in [2.75, 3.05) is 13.1 Å². The first-order chi connectivity index (χ1) is 11.8. The fourth-order valence-corrected chi connectivity index (χ4v) is 3.09. The number of aromatic amines is 1.